The standard InChI is InChI=1S/C18H23NO3/c1-15-5-3-6-16(13-15)8-9-18(20)19(10-12-21-2)14-17-7-4-11-22-17/h3-7,11,13H,8-10,12,14H2,1-2H3. The Bertz CT molecular complexity index is 578. The van der Waals surface area contributed by atoms with Crippen LogP contribution >= 0.6 is 0 Å². The van der Waals surface area contributed by atoms with Crippen molar-refractivity contribution >= 4 is 5.91 Å². The molecule has 1 amide bonds. The van der Waals surface area contributed by atoms with Gasteiger partial charge in [-0.25, -0.2) is 0 Å². The summed E-state index contributed by atoms with van der Waals surface area (Å²) in [5.41, 5.74) is 2.41. The Morgan fingerprint density at radius 2 is 2.14 bits per heavy atom. The SMILES string of the molecule is COCCN(Cc1ccco1)C(=O)CCc1cccc(C)c1. The number of methoxy groups -OCH3 is 1. The van der Waals surface area contributed by atoms with Crippen LogP contribution in [-0.2, 0) is 22.5 Å². The minimum atomic E-state index is 0.120. The van der Waals surface area contributed by atoms with Crippen LogP contribution < -0.4 is 0 Å². The lowest BCUT2D eigenvalue weighted by atomic mass is 10.1. The fourth-order valence-corrected chi connectivity index (χ4v) is 2.36. The maximum Gasteiger partial charge on any atom is 0.223 e. The van der Waals surface area contributed by atoms with E-state index in [-0.39, 0.29) is 5.91 Å². The van der Waals surface area contributed by atoms with Crippen molar-refractivity contribution in [3.8, 4) is 0 Å². The number of carbonyl (C=O) groups excluding carboxylic acids is 1. The molecule has 0 radical (unpaired) electrons. The summed E-state index contributed by atoms with van der Waals surface area (Å²) in [6, 6.07) is 12.0. The molecule has 0 unspecified atom stereocenters. The first-order chi connectivity index (χ1) is 10.7. The molecule has 118 valence electrons. The first-order valence-electron chi connectivity index (χ1n) is 7.53. The van der Waals surface area contributed by atoms with Gasteiger partial charge in [0.25, 0.3) is 0 Å². The monoisotopic (exact) mass is 301 g/mol. The van der Waals surface area contributed by atoms with E-state index in [0.717, 1.165) is 12.2 Å². The first-order valence-corrected chi connectivity index (χ1v) is 7.53. The van der Waals surface area contributed by atoms with Gasteiger partial charge >= 0.3 is 0 Å². The molecule has 0 aliphatic carbocycles. The van der Waals surface area contributed by atoms with Gasteiger partial charge in [-0.3, -0.25) is 4.79 Å². The molecule has 0 saturated heterocycles. The van der Waals surface area contributed by atoms with E-state index in [9.17, 15) is 4.79 Å². The summed E-state index contributed by atoms with van der Waals surface area (Å²) in [5.74, 6) is 0.912. The Kier molecular flexibility index (Phi) is 6.22. The Hall–Kier alpha value is -2.07. The van der Waals surface area contributed by atoms with Gasteiger partial charge in [0.2, 0.25) is 5.91 Å². The molecule has 0 atom stereocenters. The van der Waals surface area contributed by atoms with Crippen LogP contribution in [0, 0.1) is 6.92 Å². The topological polar surface area (TPSA) is 42.7 Å². The smallest absolute Gasteiger partial charge is 0.223 e. The van der Waals surface area contributed by atoms with Crippen LogP contribution in [0.2, 0.25) is 0 Å². The number of hydrogen-bond donors (Lipinski definition) is 0. The number of rotatable bonds is 8. The molecule has 0 fully saturated rings. The number of ether oxygens (including phenoxy) is 1. The second kappa shape index (κ2) is 8.39. The molecule has 0 spiro atoms. The van der Waals surface area contributed by atoms with Gasteiger partial charge in [0.1, 0.15) is 5.76 Å². The molecular weight excluding hydrogens is 278 g/mol. The second-order valence-corrected chi connectivity index (χ2v) is 5.38. The van der Waals surface area contributed by atoms with Gasteiger partial charge < -0.3 is 14.1 Å². The zero-order chi connectivity index (χ0) is 15.8. The van der Waals surface area contributed by atoms with Crippen molar-refractivity contribution in [1.82, 2.24) is 4.90 Å². The molecule has 0 saturated carbocycles. The highest BCUT2D eigenvalue weighted by Crippen LogP contribution is 2.11. The lowest BCUT2D eigenvalue weighted by Crippen LogP contribution is -2.33. The van der Waals surface area contributed by atoms with Crippen LogP contribution in [0.1, 0.15) is 23.3 Å². The highest BCUT2D eigenvalue weighted by molar-refractivity contribution is 5.76. The maximum absolute atomic E-state index is 12.5. The van der Waals surface area contributed by atoms with Crippen molar-refractivity contribution < 1.29 is 13.9 Å². The Balaban J connectivity index is 1.92. The minimum Gasteiger partial charge on any atom is -0.467 e. The van der Waals surface area contributed by atoms with Gasteiger partial charge in [-0.15, -0.1) is 0 Å². The summed E-state index contributed by atoms with van der Waals surface area (Å²) in [6.07, 6.45) is 2.87. The first kappa shape index (κ1) is 16.3. The molecule has 1 heterocycles. The molecule has 0 aliphatic heterocycles. The van der Waals surface area contributed by atoms with Crippen molar-refractivity contribution in [2.45, 2.75) is 26.3 Å². The summed E-state index contributed by atoms with van der Waals surface area (Å²) in [6.45, 7) is 3.65. The highest BCUT2D eigenvalue weighted by Gasteiger charge is 2.15. The predicted molar refractivity (Wildman–Crippen MR) is 85.5 cm³/mol. The maximum atomic E-state index is 12.5. The third-order valence-corrected chi connectivity index (χ3v) is 3.55. The van der Waals surface area contributed by atoms with E-state index < -0.39 is 0 Å². The summed E-state index contributed by atoms with van der Waals surface area (Å²) in [7, 11) is 1.64. The van der Waals surface area contributed by atoms with Crippen molar-refractivity contribution in [2.24, 2.45) is 0 Å². The summed E-state index contributed by atoms with van der Waals surface area (Å²) in [4.78, 5) is 14.3. The van der Waals surface area contributed by atoms with Crippen LogP contribution in [0.15, 0.2) is 47.1 Å². The predicted octanol–water partition coefficient (Wildman–Crippen LogP) is 3.20. The number of aryl methyl sites for hydroxylation is 2. The zero-order valence-electron chi connectivity index (χ0n) is 13.2. The van der Waals surface area contributed by atoms with E-state index in [1.165, 1.54) is 11.1 Å². The van der Waals surface area contributed by atoms with Crippen LogP contribution in [0.25, 0.3) is 0 Å². The van der Waals surface area contributed by atoms with E-state index in [1.807, 2.05) is 18.2 Å². The molecule has 0 N–H and O–H groups in total. The van der Waals surface area contributed by atoms with E-state index in [1.54, 1.807) is 18.3 Å². The molecule has 2 rings (SSSR count). The van der Waals surface area contributed by atoms with Gasteiger partial charge in [-0.1, -0.05) is 29.8 Å². The fraction of sp³-hybridized carbons (Fsp3) is 0.389. The molecule has 0 aliphatic rings. The summed E-state index contributed by atoms with van der Waals surface area (Å²) in [5, 5.41) is 0. The lowest BCUT2D eigenvalue weighted by Gasteiger charge is -2.21. The van der Waals surface area contributed by atoms with Crippen molar-refractivity contribution in [3.05, 3.63) is 59.5 Å². The normalized spacial score (nSPS) is 10.6. The number of carbonyl (C=O) groups is 1. The molecule has 0 bridgehead atoms. The van der Waals surface area contributed by atoms with Crippen molar-refractivity contribution in [1.29, 1.82) is 0 Å². The van der Waals surface area contributed by atoms with E-state index in [2.05, 4.69) is 25.1 Å². The largest absolute Gasteiger partial charge is 0.467 e. The highest BCUT2D eigenvalue weighted by atomic mass is 16.5. The Labute approximate surface area is 131 Å². The molecule has 22 heavy (non-hydrogen) atoms. The number of amides is 1. The lowest BCUT2D eigenvalue weighted by molar-refractivity contribution is -0.132. The average molecular weight is 301 g/mol. The Morgan fingerprint density at radius 3 is 2.82 bits per heavy atom. The van der Waals surface area contributed by atoms with Crippen LogP contribution in [0.3, 0.4) is 0 Å². The second-order valence-electron chi connectivity index (χ2n) is 5.38. The summed E-state index contributed by atoms with van der Waals surface area (Å²) < 4.78 is 10.4. The van der Waals surface area contributed by atoms with Crippen LogP contribution in [0.5, 0.6) is 0 Å². The van der Waals surface area contributed by atoms with Gasteiger partial charge in [0.05, 0.1) is 19.4 Å². The van der Waals surface area contributed by atoms with Crippen LogP contribution in [0.4, 0.5) is 0 Å². The van der Waals surface area contributed by atoms with Gasteiger partial charge in [-0.2, -0.15) is 0 Å². The third kappa shape index (κ3) is 5.04. The zero-order valence-corrected chi connectivity index (χ0v) is 13.2. The van der Waals surface area contributed by atoms with E-state index >= 15 is 0 Å². The molecule has 4 nitrogen and oxygen atoms in total. The molecule has 1 aromatic heterocycles. The van der Waals surface area contributed by atoms with Crippen molar-refractivity contribution in [2.75, 3.05) is 20.3 Å². The molecule has 2 aromatic rings. The Morgan fingerprint density at radius 1 is 1.27 bits per heavy atom. The number of hydrogen-bond acceptors (Lipinski definition) is 3. The number of benzene rings is 1. The quantitative estimate of drug-likeness (QED) is 0.752. The van der Waals surface area contributed by atoms with E-state index in [0.29, 0.717) is 26.1 Å². The average Bonchev–Trinajstić information content (AvgIpc) is 3.02. The van der Waals surface area contributed by atoms with Gasteiger partial charge in [0, 0.05) is 20.1 Å². The molecular formula is C18H23NO3. The minimum absolute atomic E-state index is 0.120. The number of nitrogens with zero attached hydrogens (tertiary/aromatic N) is 1. The molecule has 4 heteroatoms. The fourth-order valence-electron chi connectivity index (χ4n) is 2.36. The van der Waals surface area contributed by atoms with Gasteiger partial charge in [-0.05, 0) is 31.0 Å². The number of furan rings is 1. The summed E-state index contributed by atoms with van der Waals surface area (Å²) >= 11 is 0. The van der Waals surface area contributed by atoms with Crippen molar-refractivity contribution in [3.63, 3.8) is 0 Å². The third-order valence-electron chi connectivity index (χ3n) is 3.55. The molecule has 1 aromatic carbocycles. The van der Waals surface area contributed by atoms with E-state index in [4.69, 9.17) is 9.15 Å². The van der Waals surface area contributed by atoms with Gasteiger partial charge in [0.15, 0.2) is 0 Å². The van der Waals surface area contributed by atoms with Crippen LogP contribution in [-0.4, -0.2) is 31.1 Å².